The Labute approximate surface area is 97.8 Å². The highest BCUT2D eigenvalue weighted by atomic mass is 16.6. The number of carbonyl (C=O) groups is 1. The van der Waals surface area contributed by atoms with Crippen molar-refractivity contribution in [3.05, 3.63) is 46.5 Å². The van der Waals surface area contributed by atoms with Gasteiger partial charge in [0.1, 0.15) is 6.61 Å². The molecule has 17 heavy (non-hydrogen) atoms. The SMILES string of the molecule is C=CCOc1ccc(CC(N)=O)cc1[N+](=O)[O-]. The van der Waals surface area contributed by atoms with E-state index in [0.29, 0.717) is 5.56 Å². The maximum atomic E-state index is 10.8. The van der Waals surface area contributed by atoms with E-state index in [1.807, 2.05) is 0 Å². The summed E-state index contributed by atoms with van der Waals surface area (Å²) in [4.78, 5) is 21.0. The van der Waals surface area contributed by atoms with Crippen molar-refractivity contribution < 1.29 is 14.5 Å². The molecule has 0 fully saturated rings. The van der Waals surface area contributed by atoms with Crippen LogP contribution in [-0.2, 0) is 11.2 Å². The van der Waals surface area contributed by atoms with Crippen LogP contribution >= 0.6 is 0 Å². The second-order valence-corrected chi connectivity index (χ2v) is 3.30. The van der Waals surface area contributed by atoms with Crippen molar-refractivity contribution in [3.63, 3.8) is 0 Å². The van der Waals surface area contributed by atoms with Gasteiger partial charge < -0.3 is 10.5 Å². The zero-order chi connectivity index (χ0) is 12.8. The Kier molecular flexibility index (Phi) is 4.21. The largest absolute Gasteiger partial charge is 0.483 e. The standard InChI is InChI=1S/C11H12N2O4/c1-2-5-17-10-4-3-8(7-11(12)14)6-9(10)13(15)16/h2-4,6H,1,5,7H2,(H2,12,14). The minimum absolute atomic E-state index is 0.0391. The minimum atomic E-state index is -0.567. The average Bonchev–Trinajstić information content (AvgIpc) is 2.26. The smallest absolute Gasteiger partial charge is 0.311 e. The monoisotopic (exact) mass is 236 g/mol. The fraction of sp³-hybridized carbons (Fsp3) is 0.182. The lowest BCUT2D eigenvalue weighted by Gasteiger charge is -2.05. The number of amides is 1. The van der Waals surface area contributed by atoms with Gasteiger partial charge in [-0.25, -0.2) is 0 Å². The highest BCUT2D eigenvalue weighted by Gasteiger charge is 2.16. The molecule has 0 bridgehead atoms. The van der Waals surface area contributed by atoms with Crippen molar-refractivity contribution in [3.8, 4) is 5.75 Å². The van der Waals surface area contributed by atoms with E-state index in [1.165, 1.54) is 18.2 Å². The van der Waals surface area contributed by atoms with Crippen LogP contribution in [0.1, 0.15) is 5.56 Å². The fourth-order valence-corrected chi connectivity index (χ4v) is 1.29. The van der Waals surface area contributed by atoms with Gasteiger partial charge >= 0.3 is 5.69 Å². The molecular formula is C11H12N2O4. The molecule has 2 N–H and O–H groups in total. The second-order valence-electron chi connectivity index (χ2n) is 3.30. The third-order valence-electron chi connectivity index (χ3n) is 1.96. The number of nitro groups is 1. The first kappa shape index (κ1) is 12.7. The van der Waals surface area contributed by atoms with Gasteiger partial charge in [0.05, 0.1) is 11.3 Å². The van der Waals surface area contributed by atoms with E-state index in [4.69, 9.17) is 10.5 Å². The molecule has 0 aliphatic carbocycles. The molecule has 0 spiro atoms. The molecule has 90 valence electrons. The Morgan fingerprint density at radius 1 is 1.59 bits per heavy atom. The normalized spacial score (nSPS) is 9.65. The average molecular weight is 236 g/mol. The Balaban J connectivity index is 3.03. The molecule has 6 nitrogen and oxygen atoms in total. The number of nitrogens with zero attached hydrogens (tertiary/aromatic N) is 1. The first-order valence-electron chi connectivity index (χ1n) is 4.84. The first-order chi connectivity index (χ1) is 8.04. The van der Waals surface area contributed by atoms with Gasteiger partial charge in [0.2, 0.25) is 5.91 Å². The number of ether oxygens (including phenoxy) is 1. The fourth-order valence-electron chi connectivity index (χ4n) is 1.29. The quantitative estimate of drug-likeness (QED) is 0.455. The summed E-state index contributed by atoms with van der Waals surface area (Å²) >= 11 is 0. The number of hydrogen-bond acceptors (Lipinski definition) is 4. The number of benzene rings is 1. The minimum Gasteiger partial charge on any atom is -0.483 e. The van der Waals surface area contributed by atoms with Crippen LogP contribution in [0.3, 0.4) is 0 Å². The third kappa shape index (κ3) is 3.60. The lowest BCUT2D eigenvalue weighted by molar-refractivity contribution is -0.385. The van der Waals surface area contributed by atoms with E-state index in [-0.39, 0.29) is 24.5 Å². The summed E-state index contributed by atoms with van der Waals surface area (Å²) in [5.41, 5.74) is 5.31. The van der Waals surface area contributed by atoms with Crippen molar-refractivity contribution in [2.24, 2.45) is 5.73 Å². The van der Waals surface area contributed by atoms with Crippen LogP contribution in [0.4, 0.5) is 5.69 Å². The first-order valence-corrected chi connectivity index (χ1v) is 4.84. The zero-order valence-electron chi connectivity index (χ0n) is 9.09. The van der Waals surface area contributed by atoms with E-state index in [0.717, 1.165) is 0 Å². The van der Waals surface area contributed by atoms with Crippen LogP contribution < -0.4 is 10.5 Å². The molecule has 0 aromatic heterocycles. The van der Waals surface area contributed by atoms with Crippen LogP contribution in [0.2, 0.25) is 0 Å². The number of rotatable bonds is 6. The predicted octanol–water partition coefficient (Wildman–Crippen LogP) is 1.19. The van der Waals surface area contributed by atoms with Crippen molar-refractivity contribution in [2.45, 2.75) is 6.42 Å². The van der Waals surface area contributed by atoms with Crippen molar-refractivity contribution in [2.75, 3.05) is 6.61 Å². The maximum absolute atomic E-state index is 10.8. The molecule has 6 heteroatoms. The molecule has 1 aromatic rings. The van der Waals surface area contributed by atoms with Crippen LogP contribution in [-0.4, -0.2) is 17.4 Å². The molecule has 0 aliphatic heterocycles. The van der Waals surface area contributed by atoms with Gasteiger partial charge in [-0.1, -0.05) is 18.7 Å². The Morgan fingerprint density at radius 2 is 2.29 bits per heavy atom. The van der Waals surface area contributed by atoms with E-state index < -0.39 is 10.8 Å². The molecular weight excluding hydrogens is 224 g/mol. The molecule has 0 heterocycles. The lowest BCUT2D eigenvalue weighted by Crippen LogP contribution is -2.13. The number of nitro benzene ring substituents is 1. The van der Waals surface area contributed by atoms with Crippen LogP contribution in [0.25, 0.3) is 0 Å². The molecule has 0 radical (unpaired) electrons. The van der Waals surface area contributed by atoms with Crippen LogP contribution in [0.5, 0.6) is 5.75 Å². The van der Waals surface area contributed by atoms with E-state index >= 15 is 0 Å². The van der Waals surface area contributed by atoms with Crippen LogP contribution in [0, 0.1) is 10.1 Å². The number of carbonyl (C=O) groups excluding carboxylic acids is 1. The third-order valence-corrected chi connectivity index (χ3v) is 1.96. The van der Waals surface area contributed by atoms with E-state index in [9.17, 15) is 14.9 Å². The van der Waals surface area contributed by atoms with Crippen molar-refractivity contribution >= 4 is 11.6 Å². The van der Waals surface area contributed by atoms with Crippen LogP contribution in [0.15, 0.2) is 30.9 Å². The van der Waals surface area contributed by atoms with Gasteiger partial charge in [-0.3, -0.25) is 14.9 Å². The summed E-state index contributed by atoms with van der Waals surface area (Å²) in [6.07, 6.45) is 1.45. The summed E-state index contributed by atoms with van der Waals surface area (Å²) < 4.78 is 5.13. The number of hydrogen-bond donors (Lipinski definition) is 1. The Hall–Kier alpha value is -2.37. The summed E-state index contributed by atoms with van der Waals surface area (Å²) in [5.74, 6) is -0.401. The summed E-state index contributed by atoms with van der Waals surface area (Å²) in [6, 6.07) is 4.29. The lowest BCUT2D eigenvalue weighted by atomic mass is 10.1. The molecule has 0 saturated carbocycles. The summed E-state index contributed by atoms with van der Waals surface area (Å²) in [7, 11) is 0. The molecule has 0 saturated heterocycles. The van der Waals surface area contributed by atoms with Crippen molar-refractivity contribution in [1.29, 1.82) is 0 Å². The zero-order valence-corrected chi connectivity index (χ0v) is 9.09. The molecule has 1 amide bonds. The van der Waals surface area contributed by atoms with Gasteiger partial charge in [0.25, 0.3) is 0 Å². The molecule has 0 unspecified atom stereocenters. The Morgan fingerprint density at radius 3 is 2.82 bits per heavy atom. The number of primary amides is 1. The summed E-state index contributed by atoms with van der Waals surface area (Å²) in [6.45, 7) is 3.63. The topological polar surface area (TPSA) is 95.5 Å². The van der Waals surface area contributed by atoms with Crippen molar-refractivity contribution in [1.82, 2.24) is 0 Å². The maximum Gasteiger partial charge on any atom is 0.311 e. The van der Waals surface area contributed by atoms with Gasteiger partial charge in [-0.15, -0.1) is 0 Å². The van der Waals surface area contributed by atoms with Gasteiger partial charge in [-0.2, -0.15) is 0 Å². The molecule has 0 aliphatic rings. The second kappa shape index (κ2) is 5.64. The van der Waals surface area contributed by atoms with E-state index in [1.54, 1.807) is 6.07 Å². The molecule has 1 rings (SSSR count). The van der Waals surface area contributed by atoms with E-state index in [2.05, 4.69) is 6.58 Å². The highest BCUT2D eigenvalue weighted by molar-refractivity contribution is 5.77. The highest BCUT2D eigenvalue weighted by Crippen LogP contribution is 2.28. The van der Waals surface area contributed by atoms with Gasteiger partial charge in [0.15, 0.2) is 5.75 Å². The predicted molar refractivity (Wildman–Crippen MR) is 61.7 cm³/mol. The Bertz CT molecular complexity index is 457. The molecule has 1 aromatic carbocycles. The summed E-state index contributed by atoms with van der Waals surface area (Å²) in [5, 5.41) is 10.8. The number of nitrogens with two attached hydrogens (primary N) is 1. The van der Waals surface area contributed by atoms with Gasteiger partial charge in [0, 0.05) is 6.07 Å². The molecule has 0 atom stereocenters. The van der Waals surface area contributed by atoms with Gasteiger partial charge in [-0.05, 0) is 11.6 Å².